The first-order valence-electron chi connectivity index (χ1n) is 11.7. The number of hydrogen-bond donors (Lipinski definition) is 2. The number of sulfonamides is 1. The van der Waals surface area contributed by atoms with Crippen molar-refractivity contribution in [3.63, 3.8) is 0 Å². The second-order valence-electron chi connectivity index (χ2n) is 7.87. The molecule has 0 aromatic heterocycles. The Bertz CT molecular complexity index is 1330. The van der Waals surface area contributed by atoms with E-state index in [0.717, 1.165) is 5.75 Å². The molecule has 3 aromatic carbocycles. The maximum atomic E-state index is 12.8. The minimum Gasteiger partial charge on any atom is -0.490 e. The Morgan fingerprint density at radius 2 is 1.39 bits per heavy atom. The smallest absolute Gasteiger partial charge is 0.257 e. The van der Waals surface area contributed by atoms with Crippen molar-refractivity contribution in [2.75, 3.05) is 31.6 Å². The molecule has 8 nitrogen and oxygen atoms in total. The van der Waals surface area contributed by atoms with Gasteiger partial charge in [-0.2, -0.15) is 4.31 Å². The second kappa shape index (κ2) is 14.1. The number of benzene rings is 3. The molecule has 0 aliphatic carbocycles. The molecule has 198 valence electrons. The minimum atomic E-state index is -3.71. The lowest BCUT2D eigenvalue weighted by molar-refractivity contribution is 0.0977. The van der Waals surface area contributed by atoms with Crippen molar-refractivity contribution in [3.05, 3.63) is 110 Å². The van der Waals surface area contributed by atoms with Crippen LogP contribution in [-0.2, 0) is 10.0 Å². The number of nitrogens with one attached hydrogen (secondary N) is 2. The van der Waals surface area contributed by atoms with Gasteiger partial charge in [0.1, 0.15) is 24.7 Å². The van der Waals surface area contributed by atoms with E-state index in [-0.39, 0.29) is 23.1 Å². The quantitative estimate of drug-likeness (QED) is 0.182. The number of carbonyl (C=O) groups excluding carboxylic acids is 1. The lowest BCUT2D eigenvalue weighted by Gasteiger charge is -2.19. The van der Waals surface area contributed by atoms with E-state index in [0.29, 0.717) is 30.2 Å². The Kier molecular flexibility index (Phi) is 10.6. The number of ether oxygens (including phenoxy) is 2. The fourth-order valence-corrected chi connectivity index (χ4v) is 4.89. The van der Waals surface area contributed by atoms with Gasteiger partial charge in [-0.15, -0.1) is 13.2 Å². The van der Waals surface area contributed by atoms with Crippen LogP contribution >= 0.6 is 12.2 Å². The monoisotopic (exact) mass is 551 g/mol. The summed E-state index contributed by atoms with van der Waals surface area (Å²) in [6.07, 6.45) is 3.03. The summed E-state index contributed by atoms with van der Waals surface area (Å²) in [5, 5.41) is 5.56. The molecule has 3 rings (SSSR count). The third-order valence-corrected chi connectivity index (χ3v) is 7.17. The van der Waals surface area contributed by atoms with Crippen molar-refractivity contribution >= 4 is 38.9 Å². The van der Waals surface area contributed by atoms with Crippen LogP contribution in [0.4, 0.5) is 5.69 Å². The summed E-state index contributed by atoms with van der Waals surface area (Å²) >= 11 is 5.24. The Balaban J connectivity index is 1.48. The van der Waals surface area contributed by atoms with Gasteiger partial charge in [-0.3, -0.25) is 10.1 Å². The molecule has 0 saturated carbocycles. The Hall–Kier alpha value is -3.99. The number of hydrogen-bond acceptors (Lipinski definition) is 6. The summed E-state index contributed by atoms with van der Waals surface area (Å²) in [5.74, 6) is 0.978. The summed E-state index contributed by atoms with van der Waals surface area (Å²) in [5.41, 5.74) is 0.919. The van der Waals surface area contributed by atoms with Gasteiger partial charge < -0.3 is 14.8 Å². The zero-order chi connectivity index (χ0) is 27.4. The molecule has 0 spiro atoms. The van der Waals surface area contributed by atoms with E-state index in [2.05, 4.69) is 23.8 Å². The molecule has 0 fully saturated rings. The number of thiocarbonyl (C=S) groups is 1. The van der Waals surface area contributed by atoms with Crippen molar-refractivity contribution in [1.82, 2.24) is 9.62 Å². The topological polar surface area (TPSA) is 97.0 Å². The van der Waals surface area contributed by atoms with Crippen molar-refractivity contribution in [2.24, 2.45) is 0 Å². The number of amides is 1. The number of anilines is 1. The van der Waals surface area contributed by atoms with E-state index < -0.39 is 15.9 Å². The van der Waals surface area contributed by atoms with Crippen molar-refractivity contribution in [3.8, 4) is 11.5 Å². The molecule has 10 heteroatoms. The van der Waals surface area contributed by atoms with Gasteiger partial charge in [0, 0.05) is 24.3 Å². The molecule has 0 unspecified atom stereocenters. The summed E-state index contributed by atoms with van der Waals surface area (Å²) in [6, 6.07) is 22.2. The largest absolute Gasteiger partial charge is 0.490 e. The number of para-hydroxylation sites is 1. The standard InChI is InChI=1S/C28H29N3O5S2/c1-3-18-31(19-4-2)38(33,34)26-16-12-23(13-17-26)29-28(37)30-27(32)22-10-14-25(15-11-22)36-21-20-35-24-8-6-5-7-9-24/h3-17H,1-2,18-21H2,(H2,29,30,32,37). The van der Waals surface area contributed by atoms with Crippen LogP contribution in [0.1, 0.15) is 10.4 Å². The summed E-state index contributed by atoms with van der Waals surface area (Å²) in [7, 11) is -3.71. The van der Waals surface area contributed by atoms with Crippen molar-refractivity contribution < 1.29 is 22.7 Å². The zero-order valence-electron chi connectivity index (χ0n) is 20.7. The van der Waals surface area contributed by atoms with Crippen LogP contribution in [0.15, 0.2) is 109 Å². The van der Waals surface area contributed by atoms with Crippen molar-refractivity contribution in [2.45, 2.75) is 4.90 Å². The normalized spacial score (nSPS) is 10.9. The highest BCUT2D eigenvalue weighted by atomic mass is 32.2. The van der Waals surface area contributed by atoms with Crippen LogP contribution in [0.2, 0.25) is 0 Å². The summed E-state index contributed by atoms with van der Waals surface area (Å²) in [6.45, 7) is 8.28. The van der Waals surface area contributed by atoms with Crippen molar-refractivity contribution in [1.29, 1.82) is 0 Å². The van der Waals surface area contributed by atoms with Gasteiger partial charge in [0.05, 0.1) is 4.90 Å². The van der Waals surface area contributed by atoms with E-state index >= 15 is 0 Å². The predicted molar refractivity (Wildman–Crippen MR) is 153 cm³/mol. The molecule has 38 heavy (non-hydrogen) atoms. The molecule has 0 aliphatic heterocycles. The summed E-state index contributed by atoms with van der Waals surface area (Å²) in [4.78, 5) is 12.7. The van der Waals surface area contributed by atoms with Crippen LogP contribution in [0.25, 0.3) is 0 Å². The first-order chi connectivity index (χ1) is 18.3. The number of nitrogens with zero attached hydrogens (tertiary/aromatic N) is 1. The lowest BCUT2D eigenvalue weighted by atomic mass is 10.2. The molecule has 1 amide bonds. The highest BCUT2D eigenvalue weighted by molar-refractivity contribution is 7.89. The van der Waals surface area contributed by atoms with Crippen LogP contribution in [0.5, 0.6) is 11.5 Å². The van der Waals surface area contributed by atoms with Gasteiger partial charge in [-0.1, -0.05) is 30.4 Å². The zero-order valence-corrected chi connectivity index (χ0v) is 22.3. The molecule has 3 aromatic rings. The molecule has 0 atom stereocenters. The fraction of sp³-hybridized carbons (Fsp3) is 0.143. The summed E-state index contributed by atoms with van der Waals surface area (Å²) < 4.78 is 38.1. The molecular formula is C28H29N3O5S2. The van der Waals surface area contributed by atoms with Gasteiger partial charge in [0.2, 0.25) is 10.0 Å². The number of rotatable bonds is 13. The Labute approximate surface area is 228 Å². The maximum Gasteiger partial charge on any atom is 0.257 e. The molecule has 0 heterocycles. The van der Waals surface area contributed by atoms with Gasteiger partial charge in [0.25, 0.3) is 5.91 Å². The second-order valence-corrected chi connectivity index (χ2v) is 10.2. The molecule has 2 N–H and O–H groups in total. The third-order valence-electron chi connectivity index (χ3n) is 5.12. The lowest BCUT2D eigenvalue weighted by Crippen LogP contribution is -2.34. The van der Waals surface area contributed by atoms with E-state index in [1.807, 2.05) is 30.3 Å². The average molecular weight is 552 g/mol. The fourth-order valence-electron chi connectivity index (χ4n) is 3.29. The highest BCUT2D eigenvalue weighted by Gasteiger charge is 2.22. The molecule has 0 radical (unpaired) electrons. The van der Waals surface area contributed by atoms with Crippen LogP contribution < -0.4 is 20.1 Å². The SMILES string of the molecule is C=CCN(CC=C)S(=O)(=O)c1ccc(NC(=S)NC(=O)c2ccc(OCCOc3ccccc3)cc2)cc1. The maximum absolute atomic E-state index is 12.8. The Morgan fingerprint density at radius 3 is 1.95 bits per heavy atom. The van der Waals surface area contributed by atoms with E-state index in [1.165, 1.54) is 28.6 Å². The first-order valence-corrected chi connectivity index (χ1v) is 13.5. The molecule has 0 aliphatic rings. The van der Waals surface area contributed by atoms with Crippen LogP contribution in [0.3, 0.4) is 0 Å². The number of carbonyl (C=O) groups is 1. The van der Waals surface area contributed by atoms with Gasteiger partial charge in [-0.25, -0.2) is 8.42 Å². The van der Waals surface area contributed by atoms with Gasteiger partial charge in [-0.05, 0) is 72.9 Å². The molecule has 0 bridgehead atoms. The molecular weight excluding hydrogens is 522 g/mol. The Morgan fingerprint density at radius 1 is 0.842 bits per heavy atom. The van der Waals surface area contributed by atoms with Crippen LogP contribution in [-0.4, -0.2) is 50.0 Å². The van der Waals surface area contributed by atoms with Gasteiger partial charge >= 0.3 is 0 Å². The van der Waals surface area contributed by atoms with E-state index in [9.17, 15) is 13.2 Å². The first kappa shape index (κ1) is 28.6. The van der Waals surface area contributed by atoms with Gasteiger partial charge in [0.15, 0.2) is 5.11 Å². The van der Waals surface area contributed by atoms with E-state index in [1.54, 1.807) is 36.4 Å². The van der Waals surface area contributed by atoms with E-state index in [4.69, 9.17) is 21.7 Å². The predicted octanol–water partition coefficient (Wildman–Crippen LogP) is 4.63. The van der Waals surface area contributed by atoms with Crippen LogP contribution in [0, 0.1) is 0 Å². The average Bonchev–Trinajstić information content (AvgIpc) is 2.92. The third kappa shape index (κ3) is 8.27. The molecule has 0 saturated heterocycles. The highest BCUT2D eigenvalue weighted by Crippen LogP contribution is 2.19. The minimum absolute atomic E-state index is 0.0731.